The number of fused-ring (bicyclic) bond motifs is 1. The van der Waals surface area contributed by atoms with Crippen molar-refractivity contribution < 1.29 is 22.7 Å². The van der Waals surface area contributed by atoms with E-state index in [1.807, 2.05) is 52.0 Å². The highest BCUT2D eigenvalue weighted by Crippen LogP contribution is 2.39. The lowest BCUT2D eigenvalue weighted by Gasteiger charge is -2.34. The van der Waals surface area contributed by atoms with E-state index < -0.39 is 15.6 Å². The zero-order chi connectivity index (χ0) is 34.8. The monoisotopic (exact) mass is 681 g/mol. The molecular formula is C36H39N7O5S. The fourth-order valence-corrected chi connectivity index (χ4v) is 6.73. The third kappa shape index (κ3) is 7.89. The number of benzene rings is 2. The number of aryl methyl sites for hydroxylation is 2. The second-order valence-electron chi connectivity index (χ2n) is 13.0. The second-order valence-corrected chi connectivity index (χ2v) is 14.6. The summed E-state index contributed by atoms with van der Waals surface area (Å²) in [5, 5.41) is 4.68. The van der Waals surface area contributed by atoms with Crippen molar-refractivity contribution in [2.45, 2.75) is 64.1 Å². The van der Waals surface area contributed by atoms with E-state index in [4.69, 9.17) is 14.5 Å². The molecule has 0 bridgehead atoms. The zero-order valence-corrected chi connectivity index (χ0v) is 28.9. The first kappa shape index (κ1) is 33.6. The number of amides is 1. The van der Waals surface area contributed by atoms with Gasteiger partial charge in [-0.25, -0.2) is 24.7 Å². The Hall–Kier alpha value is -5.30. The molecule has 6 rings (SSSR count). The summed E-state index contributed by atoms with van der Waals surface area (Å²) in [6.45, 7) is 10.3. The number of hydrogen-bond acceptors (Lipinski definition) is 10. The Kier molecular flexibility index (Phi) is 9.37. The molecular weight excluding hydrogens is 643 g/mol. The zero-order valence-electron chi connectivity index (χ0n) is 28.1. The van der Waals surface area contributed by atoms with Crippen LogP contribution in [-0.4, -0.2) is 64.1 Å². The van der Waals surface area contributed by atoms with Gasteiger partial charge < -0.3 is 19.7 Å². The van der Waals surface area contributed by atoms with Crippen molar-refractivity contribution in [1.29, 1.82) is 0 Å². The molecule has 4 heterocycles. The standard InChI is InChI=1S/C36H39N7O5S/c1-23-16-17-26-27(12-7-14-30(26)42-49(45,46)31-15-6-10-24(2)39-31)32(23)47-33-28(13-8-19-37-33)29-18-20-38-34(41-29)40-25-11-9-21-43(22-25)35(44)48-36(3,4)5/h6-8,10,12-20,25,42H,9,11,21-22H2,1-5H3,(H,38,40,41). The first-order valence-corrected chi connectivity index (χ1v) is 17.5. The number of hydrogen-bond donors (Lipinski definition) is 2. The lowest BCUT2D eigenvalue weighted by atomic mass is 10.0. The largest absolute Gasteiger partial charge is 0.444 e. The molecule has 1 aliphatic heterocycles. The maximum atomic E-state index is 13.2. The molecule has 2 N–H and O–H groups in total. The highest BCUT2D eigenvalue weighted by molar-refractivity contribution is 7.92. The molecule has 0 saturated carbocycles. The molecule has 49 heavy (non-hydrogen) atoms. The number of piperidine rings is 1. The van der Waals surface area contributed by atoms with Crippen LogP contribution in [0.25, 0.3) is 22.0 Å². The van der Waals surface area contributed by atoms with Gasteiger partial charge in [0.2, 0.25) is 11.8 Å². The molecule has 1 atom stereocenters. The number of rotatable bonds is 8. The summed E-state index contributed by atoms with van der Waals surface area (Å²) >= 11 is 0. The number of carbonyl (C=O) groups excluding carboxylic acids is 1. The maximum Gasteiger partial charge on any atom is 0.410 e. The van der Waals surface area contributed by atoms with Crippen molar-refractivity contribution in [1.82, 2.24) is 24.8 Å². The van der Waals surface area contributed by atoms with Crippen molar-refractivity contribution in [3.05, 3.63) is 90.4 Å². The summed E-state index contributed by atoms with van der Waals surface area (Å²) in [4.78, 5) is 32.4. The van der Waals surface area contributed by atoms with Gasteiger partial charge in [0.05, 0.1) is 16.9 Å². The Morgan fingerprint density at radius 1 is 0.918 bits per heavy atom. The molecule has 5 aromatic rings. The van der Waals surface area contributed by atoms with Crippen molar-refractivity contribution >= 4 is 38.5 Å². The Labute approximate surface area is 286 Å². The number of pyridine rings is 2. The maximum absolute atomic E-state index is 13.2. The van der Waals surface area contributed by atoms with Crippen LogP contribution in [0.2, 0.25) is 0 Å². The van der Waals surface area contributed by atoms with E-state index in [-0.39, 0.29) is 17.2 Å². The van der Waals surface area contributed by atoms with E-state index >= 15 is 0 Å². The second kappa shape index (κ2) is 13.7. The molecule has 1 aliphatic rings. The van der Waals surface area contributed by atoms with Crippen molar-refractivity contribution in [3.8, 4) is 22.9 Å². The third-order valence-corrected chi connectivity index (χ3v) is 9.17. The minimum absolute atomic E-state index is 0.0483. The third-order valence-electron chi connectivity index (χ3n) is 7.90. The van der Waals surface area contributed by atoms with Crippen molar-refractivity contribution in [2.75, 3.05) is 23.1 Å². The minimum atomic E-state index is -3.94. The number of aromatic nitrogens is 4. The number of carbonyl (C=O) groups is 1. The fourth-order valence-electron chi connectivity index (χ4n) is 5.64. The SMILES string of the molecule is Cc1cccc(S(=O)(=O)Nc2cccc3c(Oc4ncccc4-c4ccnc(NC5CCCN(C(=O)OC(C)(C)C)C5)n4)c(C)ccc23)n1. The van der Waals surface area contributed by atoms with Gasteiger partial charge in [0.1, 0.15) is 11.4 Å². The van der Waals surface area contributed by atoms with Crippen LogP contribution in [0.1, 0.15) is 44.9 Å². The van der Waals surface area contributed by atoms with Crippen molar-refractivity contribution in [3.63, 3.8) is 0 Å². The van der Waals surface area contributed by atoms with Crippen LogP contribution in [-0.2, 0) is 14.8 Å². The van der Waals surface area contributed by atoms with E-state index in [2.05, 4.69) is 25.0 Å². The van der Waals surface area contributed by atoms with Gasteiger partial charge in [0.15, 0.2) is 5.03 Å². The number of anilines is 2. The Bertz CT molecular complexity index is 2120. The van der Waals surface area contributed by atoms with Crippen molar-refractivity contribution in [2.24, 2.45) is 0 Å². The molecule has 1 unspecified atom stereocenters. The van der Waals surface area contributed by atoms with Gasteiger partial charge in [-0.3, -0.25) is 4.72 Å². The summed E-state index contributed by atoms with van der Waals surface area (Å²) in [5.74, 6) is 1.28. The summed E-state index contributed by atoms with van der Waals surface area (Å²) in [5.41, 5.74) is 2.50. The van der Waals surface area contributed by atoms with Gasteiger partial charge in [-0.05, 0) is 89.4 Å². The van der Waals surface area contributed by atoms with Gasteiger partial charge in [0.25, 0.3) is 10.0 Å². The van der Waals surface area contributed by atoms with Crippen LogP contribution in [0, 0.1) is 13.8 Å². The molecule has 0 radical (unpaired) electrons. The molecule has 1 amide bonds. The summed E-state index contributed by atoms with van der Waals surface area (Å²) in [7, 11) is -3.94. The first-order chi connectivity index (χ1) is 23.4. The Morgan fingerprint density at radius 2 is 1.73 bits per heavy atom. The Morgan fingerprint density at radius 3 is 2.53 bits per heavy atom. The number of sulfonamides is 1. The number of likely N-dealkylation sites (tertiary alicyclic amines) is 1. The molecule has 0 aliphatic carbocycles. The van der Waals surface area contributed by atoms with Gasteiger partial charge >= 0.3 is 6.09 Å². The molecule has 254 valence electrons. The van der Waals surface area contributed by atoms with Gasteiger partial charge in [-0.15, -0.1) is 0 Å². The fraction of sp³-hybridized carbons (Fsp3) is 0.306. The predicted octanol–water partition coefficient (Wildman–Crippen LogP) is 7.11. The Balaban J connectivity index is 1.26. The number of ether oxygens (including phenoxy) is 2. The van der Waals surface area contributed by atoms with Gasteiger partial charge in [-0.2, -0.15) is 8.42 Å². The average molecular weight is 682 g/mol. The van der Waals surface area contributed by atoms with E-state index in [0.29, 0.717) is 64.1 Å². The molecule has 2 aromatic carbocycles. The normalized spacial score (nSPS) is 15.1. The lowest BCUT2D eigenvalue weighted by Crippen LogP contribution is -2.47. The highest BCUT2D eigenvalue weighted by Gasteiger charge is 2.28. The first-order valence-electron chi connectivity index (χ1n) is 16.1. The lowest BCUT2D eigenvalue weighted by molar-refractivity contribution is 0.0206. The molecule has 0 spiro atoms. The van der Waals surface area contributed by atoms with Crippen LogP contribution < -0.4 is 14.8 Å². The predicted molar refractivity (Wildman–Crippen MR) is 188 cm³/mol. The molecule has 1 fully saturated rings. The van der Waals surface area contributed by atoms with Crippen LogP contribution in [0.15, 0.2) is 84.1 Å². The van der Waals surface area contributed by atoms with E-state index in [1.165, 1.54) is 6.07 Å². The van der Waals surface area contributed by atoms with E-state index in [9.17, 15) is 13.2 Å². The summed E-state index contributed by atoms with van der Waals surface area (Å²) in [6.07, 6.45) is 4.66. The summed E-state index contributed by atoms with van der Waals surface area (Å²) < 4.78 is 41.3. The number of nitrogens with zero attached hydrogens (tertiary/aromatic N) is 5. The van der Waals surface area contributed by atoms with Crippen LogP contribution in [0.3, 0.4) is 0 Å². The van der Waals surface area contributed by atoms with E-state index in [1.54, 1.807) is 60.6 Å². The smallest absolute Gasteiger partial charge is 0.410 e. The van der Waals surface area contributed by atoms with Crippen LogP contribution >= 0.6 is 0 Å². The molecule has 3 aromatic heterocycles. The molecule has 1 saturated heterocycles. The quantitative estimate of drug-likeness (QED) is 0.174. The molecule has 12 nitrogen and oxygen atoms in total. The highest BCUT2D eigenvalue weighted by atomic mass is 32.2. The minimum Gasteiger partial charge on any atom is -0.444 e. The molecule has 13 heteroatoms. The topological polar surface area (TPSA) is 149 Å². The average Bonchev–Trinajstić information content (AvgIpc) is 3.06. The van der Waals surface area contributed by atoms with Gasteiger partial charge in [0, 0.05) is 48.0 Å². The summed E-state index contributed by atoms with van der Waals surface area (Å²) in [6, 6.07) is 19.4. The van der Waals surface area contributed by atoms with Crippen LogP contribution in [0.4, 0.5) is 16.4 Å². The number of nitrogens with one attached hydrogen (secondary N) is 2. The van der Waals surface area contributed by atoms with E-state index in [0.717, 1.165) is 18.4 Å². The van der Waals surface area contributed by atoms with Crippen LogP contribution in [0.5, 0.6) is 11.6 Å². The van der Waals surface area contributed by atoms with Gasteiger partial charge in [-0.1, -0.05) is 30.3 Å².